The van der Waals surface area contributed by atoms with E-state index in [2.05, 4.69) is 25.1 Å². The highest BCUT2D eigenvalue weighted by atomic mass is 16.3. The fourth-order valence-corrected chi connectivity index (χ4v) is 1.48. The second-order valence-corrected chi connectivity index (χ2v) is 3.57. The lowest BCUT2D eigenvalue weighted by Gasteiger charge is -2.12. The van der Waals surface area contributed by atoms with Crippen molar-refractivity contribution in [2.45, 2.75) is 39.2 Å². The Morgan fingerprint density at radius 1 is 1.47 bits per heavy atom. The van der Waals surface area contributed by atoms with E-state index >= 15 is 0 Å². The van der Waals surface area contributed by atoms with Crippen molar-refractivity contribution in [1.82, 2.24) is 5.32 Å². The minimum Gasteiger partial charge on any atom is -0.464 e. The predicted octanol–water partition coefficient (Wildman–Crippen LogP) is 2.91. The summed E-state index contributed by atoms with van der Waals surface area (Å²) in [5.74, 6) is 4.66. The zero-order valence-corrected chi connectivity index (χ0v) is 9.55. The Labute approximate surface area is 92.1 Å². The van der Waals surface area contributed by atoms with Gasteiger partial charge in [-0.1, -0.05) is 13.8 Å². The van der Waals surface area contributed by atoms with Gasteiger partial charge in [0.15, 0.2) is 0 Å². The van der Waals surface area contributed by atoms with E-state index in [1.165, 1.54) is 0 Å². The molecule has 2 nitrogen and oxygen atoms in total. The first-order valence-corrected chi connectivity index (χ1v) is 5.57. The first-order chi connectivity index (χ1) is 7.31. The van der Waals surface area contributed by atoms with Gasteiger partial charge in [-0.15, -0.1) is 12.3 Å². The highest BCUT2D eigenvalue weighted by Crippen LogP contribution is 2.19. The molecule has 0 bridgehead atoms. The normalized spacial score (nSPS) is 12.3. The van der Waals surface area contributed by atoms with Crippen LogP contribution in [0.4, 0.5) is 0 Å². The van der Waals surface area contributed by atoms with E-state index in [0.717, 1.165) is 30.9 Å². The van der Waals surface area contributed by atoms with Crippen LogP contribution in [-0.4, -0.2) is 6.54 Å². The lowest BCUT2D eigenvalue weighted by Crippen LogP contribution is -2.21. The molecule has 1 heterocycles. The summed E-state index contributed by atoms with van der Waals surface area (Å²) >= 11 is 0. The zero-order valence-electron chi connectivity index (χ0n) is 9.55. The summed E-state index contributed by atoms with van der Waals surface area (Å²) < 4.78 is 5.69. The summed E-state index contributed by atoms with van der Waals surface area (Å²) in [6.45, 7) is 5.19. The number of nitrogens with one attached hydrogen (secondary N) is 1. The highest BCUT2D eigenvalue weighted by molar-refractivity contribution is 5.12. The predicted molar refractivity (Wildman–Crippen MR) is 62.6 cm³/mol. The summed E-state index contributed by atoms with van der Waals surface area (Å²) in [7, 11) is 0. The Morgan fingerprint density at radius 2 is 2.27 bits per heavy atom. The first kappa shape index (κ1) is 11.9. The van der Waals surface area contributed by atoms with Gasteiger partial charge in [0.05, 0.1) is 6.04 Å². The van der Waals surface area contributed by atoms with Crippen LogP contribution < -0.4 is 5.32 Å². The van der Waals surface area contributed by atoms with Gasteiger partial charge in [0.1, 0.15) is 11.5 Å². The van der Waals surface area contributed by atoms with Crippen molar-refractivity contribution >= 4 is 0 Å². The third-order valence-corrected chi connectivity index (χ3v) is 2.34. The van der Waals surface area contributed by atoms with Gasteiger partial charge in [0, 0.05) is 12.8 Å². The van der Waals surface area contributed by atoms with Crippen LogP contribution in [0, 0.1) is 12.3 Å². The molecule has 0 saturated heterocycles. The van der Waals surface area contributed by atoms with Crippen LogP contribution in [0.2, 0.25) is 0 Å². The van der Waals surface area contributed by atoms with Crippen molar-refractivity contribution in [1.29, 1.82) is 0 Å². The third kappa shape index (κ3) is 3.45. The highest BCUT2D eigenvalue weighted by Gasteiger charge is 2.13. The van der Waals surface area contributed by atoms with Crippen LogP contribution in [0.3, 0.4) is 0 Å². The fraction of sp³-hybridized carbons (Fsp3) is 0.538. The van der Waals surface area contributed by atoms with E-state index < -0.39 is 0 Å². The molecule has 1 N–H and O–H groups in total. The van der Waals surface area contributed by atoms with Crippen LogP contribution >= 0.6 is 0 Å². The average Bonchev–Trinajstić information content (AvgIpc) is 2.72. The second kappa shape index (κ2) is 6.31. The van der Waals surface area contributed by atoms with E-state index in [1.54, 1.807) is 0 Å². The molecule has 0 amide bonds. The van der Waals surface area contributed by atoms with E-state index in [-0.39, 0.29) is 6.04 Å². The van der Waals surface area contributed by atoms with E-state index in [0.29, 0.717) is 6.42 Å². The molecule has 0 aromatic carbocycles. The Kier molecular flexibility index (Phi) is 5.00. The van der Waals surface area contributed by atoms with E-state index in [4.69, 9.17) is 10.8 Å². The molecule has 1 rings (SSSR count). The van der Waals surface area contributed by atoms with E-state index in [9.17, 15) is 0 Å². The van der Waals surface area contributed by atoms with Crippen molar-refractivity contribution in [3.63, 3.8) is 0 Å². The smallest absolute Gasteiger partial charge is 0.122 e. The minimum atomic E-state index is 0.162. The van der Waals surface area contributed by atoms with Crippen molar-refractivity contribution < 1.29 is 4.42 Å². The molecule has 0 spiro atoms. The summed E-state index contributed by atoms with van der Waals surface area (Å²) in [5, 5.41) is 3.39. The van der Waals surface area contributed by atoms with Crippen LogP contribution in [0.1, 0.15) is 44.3 Å². The van der Waals surface area contributed by atoms with Gasteiger partial charge in [-0.05, 0) is 25.1 Å². The van der Waals surface area contributed by atoms with Gasteiger partial charge in [0.25, 0.3) is 0 Å². The van der Waals surface area contributed by atoms with Gasteiger partial charge in [-0.2, -0.15) is 0 Å². The Hall–Kier alpha value is -1.20. The second-order valence-electron chi connectivity index (χ2n) is 3.57. The van der Waals surface area contributed by atoms with Crippen LogP contribution in [-0.2, 0) is 6.42 Å². The Morgan fingerprint density at radius 3 is 2.80 bits per heavy atom. The largest absolute Gasteiger partial charge is 0.464 e. The number of furan rings is 1. The zero-order chi connectivity index (χ0) is 11.1. The molecule has 0 fully saturated rings. The SMILES string of the molecule is C#CCC(NCCC)c1ccc(CC)o1. The van der Waals surface area contributed by atoms with Crippen LogP contribution in [0.5, 0.6) is 0 Å². The maximum atomic E-state index is 5.69. The molecule has 1 aromatic rings. The Bertz CT molecular complexity index is 322. The number of aryl methyl sites for hydroxylation is 1. The summed E-state index contributed by atoms with van der Waals surface area (Å²) in [4.78, 5) is 0. The maximum absolute atomic E-state index is 5.69. The van der Waals surface area contributed by atoms with E-state index in [1.807, 2.05) is 12.1 Å². The minimum absolute atomic E-state index is 0.162. The van der Waals surface area contributed by atoms with Gasteiger partial charge in [0.2, 0.25) is 0 Å². The standard InChI is InChI=1S/C13H19NO/c1-4-7-12(14-10-5-2)13-9-8-11(6-3)15-13/h1,8-9,12,14H,5-7,10H2,2-3H3. The van der Waals surface area contributed by atoms with Crippen LogP contribution in [0.25, 0.3) is 0 Å². The van der Waals surface area contributed by atoms with Crippen LogP contribution in [0.15, 0.2) is 16.5 Å². The molecular formula is C13H19NO. The number of terminal acetylenes is 1. The summed E-state index contributed by atoms with van der Waals surface area (Å²) in [6, 6.07) is 4.20. The summed E-state index contributed by atoms with van der Waals surface area (Å²) in [6.07, 6.45) is 8.05. The lowest BCUT2D eigenvalue weighted by atomic mass is 10.1. The Balaban J connectivity index is 2.66. The molecule has 2 heteroatoms. The molecule has 1 unspecified atom stereocenters. The number of hydrogen-bond donors (Lipinski definition) is 1. The molecule has 1 atom stereocenters. The maximum Gasteiger partial charge on any atom is 0.122 e. The molecule has 82 valence electrons. The lowest BCUT2D eigenvalue weighted by molar-refractivity contribution is 0.397. The molecule has 0 aliphatic carbocycles. The first-order valence-electron chi connectivity index (χ1n) is 5.57. The van der Waals surface area contributed by atoms with Crippen molar-refractivity contribution in [3.05, 3.63) is 23.7 Å². The van der Waals surface area contributed by atoms with Gasteiger partial charge in [-0.25, -0.2) is 0 Å². The quantitative estimate of drug-likeness (QED) is 0.722. The molecular weight excluding hydrogens is 186 g/mol. The third-order valence-electron chi connectivity index (χ3n) is 2.34. The average molecular weight is 205 g/mol. The molecule has 15 heavy (non-hydrogen) atoms. The number of rotatable bonds is 6. The summed E-state index contributed by atoms with van der Waals surface area (Å²) in [5.41, 5.74) is 0. The van der Waals surface area contributed by atoms with Gasteiger partial charge >= 0.3 is 0 Å². The molecule has 0 saturated carbocycles. The molecule has 1 aromatic heterocycles. The van der Waals surface area contributed by atoms with Gasteiger partial charge < -0.3 is 9.73 Å². The molecule has 0 aliphatic heterocycles. The molecule has 0 aliphatic rings. The van der Waals surface area contributed by atoms with Gasteiger partial charge in [-0.3, -0.25) is 0 Å². The molecule has 0 radical (unpaired) electrons. The van der Waals surface area contributed by atoms with Crippen molar-refractivity contribution in [2.75, 3.05) is 6.54 Å². The van der Waals surface area contributed by atoms with Crippen molar-refractivity contribution in [3.8, 4) is 12.3 Å². The fourth-order valence-electron chi connectivity index (χ4n) is 1.48. The monoisotopic (exact) mass is 205 g/mol. The topological polar surface area (TPSA) is 25.2 Å². The number of hydrogen-bond acceptors (Lipinski definition) is 2. The van der Waals surface area contributed by atoms with Crippen molar-refractivity contribution in [2.24, 2.45) is 0 Å².